The van der Waals surface area contributed by atoms with Crippen molar-refractivity contribution in [3.63, 3.8) is 0 Å². The van der Waals surface area contributed by atoms with Gasteiger partial charge in [-0.05, 0) is 112 Å². The Kier molecular flexibility index (Phi) is 5.93. The molecule has 0 amide bonds. The van der Waals surface area contributed by atoms with E-state index < -0.39 is 0 Å². The van der Waals surface area contributed by atoms with E-state index in [1.165, 1.54) is 51.4 Å². The highest BCUT2D eigenvalue weighted by Crippen LogP contribution is 2.37. The molecule has 2 fully saturated rings. The molecule has 7 rings (SSSR count). The van der Waals surface area contributed by atoms with Gasteiger partial charge in [0.25, 0.3) is 0 Å². The second-order valence-corrected chi connectivity index (χ2v) is 11.9. The maximum absolute atomic E-state index is 6.33. The van der Waals surface area contributed by atoms with Gasteiger partial charge in [0.2, 0.25) is 0 Å². The lowest BCUT2D eigenvalue weighted by Crippen LogP contribution is -2.10. The van der Waals surface area contributed by atoms with E-state index in [0.717, 1.165) is 66.8 Å². The van der Waals surface area contributed by atoms with Gasteiger partial charge in [0.15, 0.2) is 0 Å². The lowest BCUT2D eigenvalue weighted by atomic mass is 9.83. The van der Waals surface area contributed by atoms with Crippen molar-refractivity contribution in [1.29, 1.82) is 0 Å². The number of fused-ring (bicyclic) bond motifs is 6. The minimum Gasteiger partial charge on any atom is -0.456 e. The molecule has 0 saturated heterocycles. The molecule has 2 heterocycles. The highest BCUT2D eigenvalue weighted by Gasteiger charge is 2.18. The van der Waals surface area contributed by atoms with Crippen molar-refractivity contribution in [2.24, 2.45) is 23.7 Å². The third-order valence-electron chi connectivity index (χ3n) is 8.94. The zero-order chi connectivity index (χ0) is 25.6. The quantitative estimate of drug-likeness (QED) is 0.199. The van der Waals surface area contributed by atoms with Gasteiger partial charge in [0, 0.05) is 44.5 Å². The van der Waals surface area contributed by atoms with E-state index in [0.29, 0.717) is 11.8 Å². The van der Waals surface area contributed by atoms with Crippen molar-refractivity contribution >= 4 is 43.9 Å². The van der Waals surface area contributed by atoms with Gasteiger partial charge in [-0.1, -0.05) is 37.5 Å². The Morgan fingerprint density at radius 2 is 0.895 bits per heavy atom. The SMILES string of the molecule is CC1CCC(C#Cc2ccc3c(c2)oc2cc4c(cc23)oc2cc(C#CC3CCC(C)CC3)ccc24)CC1. The zero-order valence-electron chi connectivity index (χ0n) is 22.4. The second-order valence-electron chi connectivity index (χ2n) is 11.9. The highest BCUT2D eigenvalue weighted by molar-refractivity contribution is 6.14. The summed E-state index contributed by atoms with van der Waals surface area (Å²) in [5, 5.41) is 4.37. The summed E-state index contributed by atoms with van der Waals surface area (Å²) in [6.07, 6.45) is 10.1. The molecule has 0 bridgehead atoms. The predicted molar refractivity (Wildman–Crippen MR) is 157 cm³/mol. The van der Waals surface area contributed by atoms with Gasteiger partial charge in [-0.15, -0.1) is 0 Å². The fraction of sp³-hybridized carbons (Fsp3) is 0.389. The average Bonchev–Trinajstić information content (AvgIpc) is 3.47. The summed E-state index contributed by atoms with van der Waals surface area (Å²) < 4.78 is 12.7. The van der Waals surface area contributed by atoms with Crippen LogP contribution < -0.4 is 0 Å². The molecular weight excluding hydrogens is 464 g/mol. The van der Waals surface area contributed by atoms with Gasteiger partial charge in [-0.2, -0.15) is 0 Å². The summed E-state index contributed by atoms with van der Waals surface area (Å²) in [7, 11) is 0. The van der Waals surface area contributed by atoms with Crippen molar-refractivity contribution < 1.29 is 8.83 Å². The molecule has 0 atom stereocenters. The fourth-order valence-corrected chi connectivity index (χ4v) is 6.38. The van der Waals surface area contributed by atoms with Crippen LogP contribution in [-0.2, 0) is 0 Å². The number of hydrogen-bond donors (Lipinski definition) is 0. The number of furan rings is 2. The topological polar surface area (TPSA) is 26.3 Å². The Morgan fingerprint density at radius 3 is 1.32 bits per heavy atom. The van der Waals surface area contributed by atoms with E-state index in [-0.39, 0.29) is 0 Å². The first-order valence-electron chi connectivity index (χ1n) is 14.4. The predicted octanol–water partition coefficient (Wildman–Crippen LogP) is 9.84. The van der Waals surface area contributed by atoms with Crippen molar-refractivity contribution in [1.82, 2.24) is 0 Å². The maximum atomic E-state index is 6.33. The molecule has 2 heteroatoms. The molecule has 2 aliphatic rings. The standard InChI is InChI=1S/C36H34O2/c1-23-3-7-25(8-4-23)11-13-27-15-17-29-31-21-36-32(22-35(31)37-33(29)19-27)30-18-16-28(20-34(30)38-36)14-12-26-9-5-24(2)6-10-26/h15-26H,3-10H2,1-2H3. The number of rotatable bonds is 0. The van der Waals surface area contributed by atoms with Crippen LogP contribution in [0.4, 0.5) is 0 Å². The Balaban J connectivity index is 1.19. The first-order valence-corrected chi connectivity index (χ1v) is 14.4. The molecule has 0 radical (unpaired) electrons. The summed E-state index contributed by atoms with van der Waals surface area (Å²) in [6.45, 7) is 4.70. The van der Waals surface area contributed by atoms with Crippen molar-refractivity contribution in [2.45, 2.75) is 65.2 Å². The van der Waals surface area contributed by atoms with Gasteiger partial charge < -0.3 is 8.83 Å². The van der Waals surface area contributed by atoms with Crippen LogP contribution in [0.5, 0.6) is 0 Å². The van der Waals surface area contributed by atoms with E-state index >= 15 is 0 Å². The third-order valence-corrected chi connectivity index (χ3v) is 8.94. The van der Waals surface area contributed by atoms with E-state index in [1.807, 2.05) is 0 Å². The molecule has 0 spiro atoms. The molecule has 2 nitrogen and oxygen atoms in total. The first-order chi connectivity index (χ1) is 18.6. The molecule has 38 heavy (non-hydrogen) atoms. The Morgan fingerprint density at radius 1 is 0.500 bits per heavy atom. The molecule has 3 aromatic carbocycles. The van der Waals surface area contributed by atoms with Crippen molar-refractivity contribution in [2.75, 3.05) is 0 Å². The highest BCUT2D eigenvalue weighted by atomic mass is 16.3. The molecule has 2 aromatic heterocycles. The molecule has 0 aliphatic heterocycles. The number of benzene rings is 3. The smallest absolute Gasteiger partial charge is 0.136 e. The largest absolute Gasteiger partial charge is 0.456 e. The van der Waals surface area contributed by atoms with E-state index in [1.54, 1.807) is 0 Å². The minimum absolute atomic E-state index is 0.528. The molecule has 5 aromatic rings. The van der Waals surface area contributed by atoms with E-state index in [2.05, 4.69) is 86.1 Å². The van der Waals surface area contributed by atoms with Crippen LogP contribution in [0.25, 0.3) is 43.9 Å². The van der Waals surface area contributed by atoms with Crippen LogP contribution >= 0.6 is 0 Å². The molecule has 2 aliphatic carbocycles. The lowest BCUT2D eigenvalue weighted by Gasteiger charge is -2.21. The number of hydrogen-bond acceptors (Lipinski definition) is 2. The Hall–Kier alpha value is -3.62. The van der Waals surface area contributed by atoms with Crippen LogP contribution in [0.15, 0.2) is 57.4 Å². The second kappa shape index (κ2) is 9.60. The van der Waals surface area contributed by atoms with Crippen LogP contribution in [-0.4, -0.2) is 0 Å². The van der Waals surface area contributed by atoms with Gasteiger partial charge >= 0.3 is 0 Å². The fourth-order valence-electron chi connectivity index (χ4n) is 6.38. The van der Waals surface area contributed by atoms with Crippen molar-refractivity contribution in [3.05, 3.63) is 59.7 Å². The summed E-state index contributed by atoms with van der Waals surface area (Å²) in [6, 6.07) is 17.0. The van der Waals surface area contributed by atoms with E-state index in [4.69, 9.17) is 8.83 Å². The van der Waals surface area contributed by atoms with E-state index in [9.17, 15) is 0 Å². The molecule has 0 N–H and O–H groups in total. The Labute approximate surface area is 224 Å². The zero-order valence-corrected chi connectivity index (χ0v) is 22.4. The normalized spacial score (nSPS) is 23.8. The first kappa shape index (κ1) is 23.5. The van der Waals surface area contributed by atoms with Crippen LogP contribution in [0.3, 0.4) is 0 Å². The average molecular weight is 499 g/mol. The van der Waals surface area contributed by atoms with Gasteiger partial charge in [0.05, 0.1) is 0 Å². The third kappa shape index (κ3) is 4.48. The Bertz CT molecular complexity index is 1640. The molecule has 190 valence electrons. The molecule has 2 saturated carbocycles. The summed E-state index contributed by atoms with van der Waals surface area (Å²) >= 11 is 0. The summed E-state index contributed by atoms with van der Waals surface area (Å²) in [5.41, 5.74) is 5.60. The molecular formula is C36H34O2. The van der Waals surface area contributed by atoms with Crippen LogP contribution in [0, 0.1) is 47.4 Å². The monoisotopic (exact) mass is 498 g/mol. The van der Waals surface area contributed by atoms with Crippen LogP contribution in [0.2, 0.25) is 0 Å². The minimum atomic E-state index is 0.528. The summed E-state index contributed by atoms with van der Waals surface area (Å²) in [5.74, 6) is 16.6. The van der Waals surface area contributed by atoms with Gasteiger partial charge in [-0.25, -0.2) is 0 Å². The maximum Gasteiger partial charge on any atom is 0.136 e. The lowest BCUT2D eigenvalue weighted by molar-refractivity contribution is 0.337. The molecule has 0 unspecified atom stereocenters. The van der Waals surface area contributed by atoms with Crippen molar-refractivity contribution in [3.8, 4) is 23.7 Å². The summed E-state index contributed by atoms with van der Waals surface area (Å²) in [4.78, 5) is 0. The van der Waals surface area contributed by atoms with Gasteiger partial charge in [0.1, 0.15) is 22.3 Å². The van der Waals surface area contributed by atoms with Gasteiger partial charge in [-0.3, -0.25) is 0 Å². The van der Waals surface area contributed by atoms with Crippen LogP contribution in [0.1, 0.15) is 76.3 Å².